The molecule has 1 spiro atoms. The van der Waals surface area contributed by atoms with Gasteiger partial charge < -0.3 is 15.0 Å². The lowest BCUT2D eigenvalue weighted by atomic mass is 9.90. The van der Waals surface area contributed by atoms with Crippen molar-refractivity contribution in [2.75, 3.05) is 27.2 Å². The largest absolute Gasteiger partial charge is 0.481 e. The first-order valence-corrected chi connectivity index (χ1v) is 13.6. The molecule has 1 aromatic rings. The number of amides is 1. The van der Waals surface area contributed by atoms with Gasteiger partial charge in [-0.15, -0.1) is 0 Å². The number of Topliss-reactive ketones (excluding diaryl/α,β-unsaturated/α-hetero) is 1. The minimum atomic E-state index is -0.0820. The maximum absolute atomic E-state index is 13.4. The predicted octanol–water partition coefficient (Wildman–Crippen LogP) is 4.73. The van der Waals surface area contributed by atoms with E-state index < -0.39 is 0 Å². The molecular weight excluding hydrogens is 452 g/mol. The third-order valence-electron chi connectivity index (χ3n) is 8.35. The molecule has 3 heterocycles. The second-order valence-corrected chi connectivity index (χ2v) is 10.9. The van der Waals surface area contributed by atoms with E-state index in [9.17, 15) is 9.59 Å². The summed E-state index contributed by atoms with van der Waals surface area (Å²) < 4.78 is 5.53. The number of aliphatic imine (C=N–C) groups is 1. The highest BCUT2D eigenvalue weighted by Crippen LogP contribution is 2.59. The Hall–Kier alpha value is -2.54. The molecule has 3 aliphatic rings. The first-order valence-electron chi connectivity index (χ1n) is 13.6. The number of rotatable bonds is 12. The number of unbranched alkanes of at least 4 members (excludes halogenated alkanes) is 2. The van der Waals surface area contributed by atoms with Crippen molar-refractivity contribution in [3.05, 3.63) is 29.6 Å². The van der Waals surface area contributed by atoms with E-state index in [2.05, 4.69) is 22.2 Å². The molecule has 1 saturated carbocycles. The van der Waals surface area contributed by atoms with Crippen LogP contribution in [-0.4, -0.2) is 60.6 Å². The molecule has 196 valence electrons. The average Bonchev–Trinajstić information content (AvgIpc) is 3.36. The Kier molecular flexibility index (Phi) is 8.60. The fourth-order valence-electron chi connectivity index (χ4n) is 5.71. The van der Waals surface area contributed by atoms with Gasteiger partial charge in [0.1, 0.15) is 5.78 Å². The molecule has 1 aromatic heterocycles. The van der Waals surface area contributed by atoms with Crippen molar-refractivity contribution >= 4 is 23.0 Å². The Morgan fingerprint density at radius 3 is 2.72 bits per heavy atom. The van der Waals surface area contributed by atoms with E-state index in [0.717, 1.165) is 80.6 Å². The first-order chi connectivity index (χ1) is 17.3. The molecular formula is C29H42N4O3. The van der Waals surface area contributed by atoms with Gasteiger partial charge in [-0.25, -0.2) is 4.98 Å². The Bertz CT molecular complexity index is 1020. The summed E-state index contributed by atoms with van der Waals surface area (Å²) in [5, 5.41) is 3.39. The number of piperidine rings is 1. The molecule has 36 heavy (non-hydrogen) atoms. The number of ketones is 1. The number of carbonyl (C=O) groups is 2. The quantitative estimate of drug-likeness (QED) is 0.425. The summed E-state index contributed by atoms with van der Waals surface area (Å²) >= 11 is 0. The summed E-state index contributed by atoms with van der Waals surface area (Å²) in [6.45, 7) is 6.03. The Labute approximate surface area is 215 Å². The fourth-order valence-corrected chi connectivity index (χ4v) is 5.71. The van der Waals surface area contributed by atoms with E-state index in [1.807, 2.05) is 32.2 Å². The van der Waals surface area contributed by atoms with Crippen molar-refractivity contribution < 1.29 is 14.3 Å². The highest BCUT2D eigenvalue weighted by Gasteiger charge is 2.58. The van der Waals surface area contributed by atoms with Gasteiger partial charge in [-0.3, -0.25) is 14.6 Å². The summed E-state index contributed by atoms with van der Waals surface area (Å²) in [6, 6.07) is 3.95. The lowest BCUT2D eigenvalue weighted by Gasteiger charge is -2.30. The molecule has 2 aliphatic heterocycles. The molecule has 0 bridgehead atoms. The number of aryl methyl sites for hydroxylation is 1. The fraction of sp³-hybridized carbons (Fsp3) is 0.655. The summed E-state index contributed by atoms with van der Waals surface area (Å²) in [7, 11) is 3.80. The first kappa shape index (κ1) is 26.5. The van der Waals surface area contributed by atoms with Crippen LogP contribution in [0.15, 0.2) is 23.3 Å². The van der Waals surface area contributed by atoms with Crippen molar-refractivity contribution in [1.29, 1.82) is 0 Å². The number of methoxy groups -OCH3 is 1. The van der Waals surface area contributed by atoms with Gasteiger partial charge in [0.25, 0.3) is 0 Å². The van der Waals surface area contributed by atoms with E-state index in [4.69, 9.17) is 9.73 Å². The second-order valence-electron chi connectivity index (χ2n) is 10.9. The van der Waals surface area contributed by atoms with Crippen LogP contribution >= 0.6 is 0 Å². The molecule has 7 heteroatoms. The number of aromatic nitrogens is 1. The van der Waals surface area contributed by atoms with Crippen molar-refractivity contribution in [3.63, 3.8) is 0 Å². The van der Waals surface area contributed by atoms with Crippen molar-refractivity contribution in [3.8, 4) is 5.88 Å². The topological polar surface area (TPSA) is 83.9 Å². The third kappa shape index (κ3) is 6.23. The van der Waals surface area contributed by atoms with Crippen LogP contribution in [0.2, 0.25) is 0 Å². The lowest BCUT2D eigenvalue weighted by Crippen LogP contribution is -2.43. The van der Waals surface area contributed by atoms with Gasteiger partial charge in [-0.2, -0.15) is 0 Å². The maximum atomic E-state index is 13.4. The zero-order valence-electron chi connectivity index (χ0n) is 22.4. The second kappa shape index (κ2) is 11.7. The summed E-state index contributed by atoms with van der Waals surface area (Å²) in [6.07, 6.45) is 10.8. The molecule has 0 radical (unpaired) electrons. The maximum Gasteiger partial charge on any atom is 0.224 e. The van der Waals surface area contributed by atoms with Gasteiger partial charge in [0.2, 0.25) is 11.8 Å². The number of hydrogen-bond acceptors (Lipinski definition) is 6. The van der Waals surface area contributed by atoms with Gasteiger partial charge in [0, 0.05) is 48.3 Å². The monoisotopic (exact) mass is 494 g/mol. The smallest absolute Gasteiger partial charge is 0.224 e. The minimum absolute atomic E-state index is 0.0820. The summed E-state index contributed by atoms with van der Waals surface area (Å²) in [5.74, 6) is 1.26. The normalized spacial score (nSPS) is 21.6. The molecule has 1 saturated heterocycles. The summed E-state index contributed by atoms with van der Waals surface area (Å²) in [4.78, 5) is 36.7. The highest BCUT2D eigenvalue weighted by molar-refractivity contribution is 6.03. The van der Waals surface area contributed by atoms with Crippen LogP contribution in [0.25, 0.3) is 5.57 Å². The van der Waals surface area contributed by atoms with Gasteiger partial charge >= 0.3 is 0 Å². The van der Waals surface area contributed by atoms with Crippen LogP contribution in [0.3, 0.4) is 0 Å². The standard InChI is InChI=1S/C29H42N4O3/c1-5-22(34)9-7-6-8-10-25(32-27(35)24-18-29(24)13-15-33(3)16-14-29)26-17-21(19-30-26)23-12-11-20(2)31-28(23)36-4/h11-12,19,24-25H,5-10,13-18H2,1-4H3,(H,32,35)/t24-,25+/m1/s1. The molecule has 2 fully saturated rings. The SMILES string of the molecule is CCC(=O)CCCCC[C@H](NC(=O)[C@H]1CC12CCN(C)CC2)C1=NC=C(c2ccc(C)nc2OC)C1. The van der Waals surface area contributed by atoms with Crippen molar-refractivity contribution in [2.45, 2.75) is 84.1 Å². The Morgan fingerprint density at radius 1 is 1.22 bits per heavy atom. The molecule has 4 rings (SSSR count). The lowest BCUT2D eigenvalue weighted by molar-refractivity contribution is -0.123. The van der Waals surface area contributed by atoms with E-state index in [-0.39, 0.29) is 23.3 Å². The number of allylic oxidation sites excluding steroid dienone is 1. The van der Waals surface area contributed by atoms with Crippen LogP contribution in [0.5, 0.6) is 5.88 Å². The predicted molar refractivity (Wildman–Crippen MR) is 143 cm³/mol. The van der Waals surface area contributed by atoms with Gasteiger partial charge in [-0.1, -0.05) is 19.8 Å². The highest BCUT2D eigenvalue weighted by atomic mass is 16.5. The van der Waals surface area contributed by atoms with Crippen LogP contribution in [0, 0.1) is 18.3 Å². The van der Waals surface area contributed by atoms with Gasteiger partial charge in [-0.05, 0) is 82.3 Å². The number of carbonyl (C=O) groups excluding carboxylic acids is 2. The van der Waals surface area contributed by atoms with E-state index >= 15 is 0 Å². The Balaban J connectivity index is 1.38. The number of hydrogen-bond donors (Lipinski definition) is 1. The average molecular weight is 495 g/mol. The van der Waals surface area contributed by atoms with Crippen LogP contribution in [-0.2, 0) is 9.59 Å². The van der Waals surface area contributed by atoms with E-state index in [1.165, 1.54) is 0 Å². The van der Waals surface area contributed by atoms with Crippen LogP contribution in [0.4, 0.5) is 0 Å². The zero-order chi connectivity index (χ0) is 25.7. The van der Waals surface area contributed by atoms with Crippen molar-refractivity contribution in [1.82, 2.24) is 15.2 Å². The third-order valence-corrected chi connectivity index (χ3v) is 8.35. The molecule has 2 atom stereocenters. The number of pyridine rings is 1. The molecule has 0 aromatic carbocycles. The Morgan fingerprint density at radius 2 is 2.00 bits per heavy atom. The van der Waals surface area contributed by atoms with Crippen molar-refractivity contribution in [2.24, 2.45) is 16.3 Å². The number of nitrogens with one attached hydrogen (secondary N) is 1. The van der Waals surface area contributed by atoms with Crippen LogP contribution in [0.1, 0.15) is 82.4 Å². The van der Waals surface area contributed by atoms with Crippen LogP contribution < -0.4 is 10.1 Å². The zero-order valence-corrected chi connectivity index (χ0v) is 22.4. The molecule has 0 unspecified atom stereocenters. The molecule has 7 nitrogen and oxygen atoms in total. The molecule has 1 N–H and O–H groups in total. The van der Waals surface area contributed by atoms with Gasteiger partial charge in [0.05, 0.1) is 13.2 Å². The summed E-state index contributed by atoms with van der Waals surface area (Å²) in [5.41, 5.74) is 4.15. The van der Waals surface area contributed by atoms with Gasteiger partial charge in [0.15, 0.2) is 0 Å². The molecule has 1 amide bonds. The number of likely N-dealkylation sites (tertiary alicyclic amines) is 1. The van der Waals surface area contributed by atoms with E-state index in [1.54, 1.807) is 7.11 Å². The van der Waals surface area contributed by atoms with E-state index in [0.29, 0.717) is 30.9 Å². The number of nitrogens with zero attached hydrogens (tertiary/aromatic N) is 3. The number of ether oxygens (including phenoxy) is 1. The molecule has 1 aliphatic carbocycles. The minimum Gasteiger partial charge on any atom is -0.481 e.